The van der Waals surface area contributed by atoms with Crippen LogP contribution in [0, 0.1) is 3.57 Å². The third kappa shape index (κ3) is 5.00. The molecule has 0 saturated heterocycles. The maximum absolute atomic E-state index is 12.1. The molecule has 1 heterocycles. The molecule has 29 heavy (non-hydrogen) atoms. The number of halogens is 1. The van der Waals surface area contributed by atoms with Crippen molar-refractivity contribution in [2.45, 2.75) is 0 Å². The summed E-state index contributed by atoms with van der Waals surface area (Å²) >= 11 is 2.21. The molecule has 0 aliphatic rings. The largest absolute Gasteiger partial charge is 0.484 e. The molecular weight excluding hydrogens is 481 g/mol. The molecule has 0 bridgehead atoms. The maximum atomic E-state index is 12.1. The van der Waals surface area contributed by atoms with Gasteiger partial charge in [-0.05, 0) is 83.3 Å². The summed E-state index contributed by atoms with van der Waals surface area (Å²) in [6, 6.07) is 24.3. The Hall–Kier alpha value is -3.20. The molecule has 0 spiro atoms. The van der Waals surface area contributed by atoms with Gasteiger partial charge in [0.1, 0.15) is 5.75 Å². The first-order chi connectivity index (χ1) is 14.2. The van der Waals surface area contributed by atoms with Crippen LogP contribution in [-0.4, -0.2) is 22.7 Å². The van der Waals surface area contributed by atoms with E-state index in [1.807, 2.05) is 66.7 Å². The number of benzene rings is 3. The second kappa shape index (κ2) is 8.87. The molecule has 0 aliphatic carbocycles. The predicted octanol–water partition coefficient (Wildman–Crippen LogP) is 5.03. The summed E-state index contributed by atoms with van der Waals surface area (Å²) in [7, 11) is 0. The number of amides is 1. The van der Waals surface area contributed by atoms with E-state index < -0.39 is 0 Å². The molecule has 6 nitrogen and oxygen atoms in total. The molecule has 0 radical (unpaired) electrons. The van der Waals surface area contributed by atoms with Gasteiger partial charge in [0.05, 0.1) is 0 Å². The van der Waals surface area contributed by atoms with Gasteiger partial charge in [0, 0.05) is 20.4 Å². The van der Waals surface area contributed by atoms with Crippen molar-refractivity contribution in [1.82, 2.24) is 10.2 Å². The quantitative estimate of drug-likeness (QED) is 0.379. The molecule has 1 amide bonds. The van der Waals surface area contributed by atoms with E-state index in [4.69, 9.17) is 9.15 Å². The van der Waals surface area contributed by atoms with Gasteiger partial charge in [0.15, 0.2) is 6.61 Å². The number of anilines is 1. The van der Waals surface area contributed by atoms with Gasteiger partial charge < -0.3 is 14.5 Å². The SMILES string of the molecule is O=C(COc1ccc(I)cc1)Nc1ccc(-c2nnc(-c3ccccc3)o2)cc1. The van der Waals surface area contributed by atoms with Crippen molar-refractivity contribution in [3.63, 3.8) is 0 Å². The number of carbonyl (C=O) groups excluding carboxylic acids is 1. The van der Waals surface area contributed by atoms with Crippen molar-refractivity contribution >= 4 is 34.2 Å². The lowest BCUT2D eigenvalue weighted by molar-refractivity contribution is -0.118. The summed E-state index contributed by atoms with van der Waals surface area (Å²) in [5.41, 5.74) is 2.30. The Morgan fingerprint density at radius 2 is 1.48 bits per heavy atom. The Labute approximate surface area is 181 Å². The van der Waals surface area contributed by atoms with Gasteiger partial charge in [-0.15, -0.1) is 10.2 Å². The van der Waals surface area contributed by atoms with Gasteiger partial charge >= 0.3 is 0 Å². The molecular formula is C22H16IN3O3. The molecule has 0 saturated carbocycles. The normalized spacial score (nSPS) is 10.5. The lowest BCUT2D eigenvalue weighted by Crippen LogP contribution is -2.20. The summed E-state index contributed by atoms with van der Waals surface area (Å²) in [5.74, 6) is 1.30. The molecule has 0 unspecified atom stereocenters. The fraction of sp³-hybridized carbons (Fsp3) is 0.0455. The number of hydrogen-bond donors (Lipinski definition) is 1. The van der Waals surface area contributed by atoms with Gasteiger partial charge in [0.25, 0.3) is 5.91 Å². The van der Waals surface area contributed by atoms with Crippen molar-refractivity contribution in [2.75, 3.05) is 11.9 Å². The number of carbonyl (C=O) groups is 1. The average Bonchev–Trinajstić information content (AvgIpc) is 3.25. The third-order valence-electron chi connectivity index (χ3n) is 4.04. The van der Waals surface area contributed by atoms with E-state index in [0.717, 1.165) is 14.7 Å². The first-order valence-electron chi connectivity index (χ1n) is 8.85. The molecule has 3 aromatic carbocycles. The zero-order valence-corrected chi connectivity index (χ0v) is 17.4. The highest BCUT2D eigenvalue weighted by atomic mass is 127. The van der Waals surface area contributed by atoms with Crippen LogP contribution in [0.1, 0.15) is 0 Å². The summed E-state index contributed by atoms with van der Waals surface area (Å²) in [6.07, 6.45) is 0. The standard InChI is InChI=1S/C22H16IN3O3/c23-17-8-12-19(13-9-17)28-14-20(27)24-18-10-6-16(7-11-18)22-26-25-21(29-22)15-4-2-1-3-5-15/h1-13H,14H2,(H,24,27). The topological polar surface area (TPSA) is 77.2 Å². The molecule has 0 atom stereocenters. The first-order valence-corrected chi connectivity index (χ1v) is 9.93. The van der Waals surface area contributed by atoms with Crippen LogP contribution >= 0.6 is 22.6 Å². The minimum Gasteiger partial charge on any atom is -0.484 e. The molecule has 0 fully saturated rings. The van der Waals surface area contributed by atoms with Crippen molar-refractivity contribution < 1.29 is 13.9 Å². The Morgan fingerprint density at radius 3 is 2.14 bits per heavy atom. The van der Waals surface area contributed by atoms with Crippen LogP contribution in [0.3, 0.4) is 0 Å². The molecule has 1 aromatic heterocycles. The zero-order valence-electron chi connectivity index (χ0n) is 15.2. The third-order valence-corrected chi connectivity index (χ3v) is 4.76. The van der Waals surface area contributed by atoms with Gasteiger partial charge in [-0.2, -0.15) is 0 Å². The van der Waals surface area contributed by atoms with E-state index in [2.05, 4.69) is 38.1 Å². The average molecular weight is 497 g/mol. The van der Waals surface area contributed by atoms with E-state index >= 15 is 0 Å². The minimum atomic E-state index is -0.236. The molecule has 1 N–H and O–H groups in total. The van der Waals surface area contributed by atoms with Gasteiger partial charge in [-0.25, -0.2) is 0 Å². The van der Waals surface area contributed by atoms with Crippen LogP contribution in [-0.2, 0) is 4.79 Å². The Morgan fingerprint density at radius 1 is 0.862 bits per heavy atom. The fourth-order valence-corrected chi connectivity index (χ4v) is 2.97. The Kier molecular flexibility index (Phi) is 5.85. The highest BCUT2D eigenvalue weighted by molar-refractivity contribution is 14.1. The minimum absolute atomic E-state index is 0.0631. The lowest BCUT2D eigenvalue weighted by atomic mass is 10.2. The van der Waals surface area contributed by atoms with Crippen molar-refractivity contribution in [1.29, 1.82) is 0 Å². The first kappa shape index (κ1) is 19.1. The van der Waals surface area contributed by atoms with Crippen LogP contribution in [0.2, 0.25) is 0 Å². The van der Waals surface area contributed by atoms with E-state index in [-0.39, 0.29) is 12.5 Å². The predicted molar refractivity (Wildman–Crippen MR) is 118 cm³/mol. The molecule has 4 rings (SSSR count). The molecule has 4 aromatic rings. The Bertz CT molecular complexity index is 1090. The smallest absolute Gasteiger partial charge is 0.262 e. The van der Waals surface area contributed by atoms with Crippen molar-refractivity contribution in [3.05, 3.63) is 82.4 Å². The van der Waals surface area contributed by atoms with Crippen molar-refractivity contribution in [3.8, 4) is 28.7 Å². The van der Waals surface area contributed by atoms with Crippen LogP contribution in [0.25, 0.3) is 22.9 Å². The molecule has 144 valence electrons. The zero-order chi connectivity index (χ0) is 20.1. The second-order valence-electron chi connectivity index (χ2n) is 6.15. The lowest BCUT2D eigenvalue weighted by Gasteiger charge is -2.08. The number of hydrogen-bond acceptors (Lipinski definition) is 5. The van der Waals surface area contributed by atoms with Crippen LogP contribution in [0.4, 0.5) is 5.69 Å². The number of nitrogens with one attached hydrogen (secondary N) is 1. The molecule has 0 aliphatic heterocycles. The Balaban J connectivity index is 1.36. The van der Waals surface area contributed by atoms with Crippen LogP contribution < -0.4 is 10.1 Å². The highest BCUT2D eigenvalue weighted by Gasteiger charge is 2.11. The second-order valence-corrected chi connectivity index (χ2v) is 7.39. The van der Waals surface area contributed by atoms with E-state index in [9.17, 15) is 4.79 Å². The summed E-state index contributed by atoms with van der Waals surface area (Å²) < 4.78 is 12.3. The summed E-state index contributed by atoms with van der Waals surface area (Å²) in [6.45, 7) is -0.0631. The van der Waals surface area contributed by atoms with Gasteiger partial charge in [0.2, 0.25) is 11.8 Å². The molecule has 7 heteroatoms. The van der Waals surface area contributed by atoms with E-state index in [0.29, 0.717) is 23.2 Å². The highest BCUT2D eigenvalue weighted by Crippen LogP contribution is 2.24. The van der Waals surface area contributed by atoms with E-state index in [1.165, 1.54) is 0 Å². The summed E-state index contributed by atoms with van der Waals surface area (Å²) in [4.78, 5) is 12.1. The monoisotopic (exact) mass is 497 g/mol. The summed E-state index contributed by atoms with van der Waals surface area (Å²) in [5, 5.41) is 11.0. The number of rotatable bonds is 6. The van der Waals surface area contributed by atoms with Crippen LogP contribution in [0.15, 0.2) is 83.3 Å². The fourth-order valence-electron chi connectivity index (χ4n) is 2.61. The number of ether oxygens (including phenoxy) is 1. The van der Waals surface area contributed by atoms with Gasteiger partial charge in [-0.3, -0.25) is 4.79 Å². The number of nitrogens with zero attached hydrogens (tertiary/aromatic N) is 2. The van der Waals surface area contributed by atoms with Crippen LogP contribution in [0.5, 0.6) is 5.75 Å². The maximum Gasteiger partial charge on any atom is 0.262 e. The van der Waals surface area contributed by atoms with E-state index in [1.54, 1.807) is 12.1 Å². The number of aromatic nitrogens is 2. The van der Waals surface area contributed by atoms with Crippen molar-refractivity contribution in [2.24, 2.45) is 0 Å². The van der Waals surface area contributed by atoms with Gasteiger partial charge in [-0.1, -0.05) is 18.2 Å².